The van der Waals surface area contributed by atoms with Crippen LogP contribution in [0, 0.1) is 12.3 Å². The third-order valence-corrected chi connectivity index (χ3v) is 5.03. The van der Waals surface area contributed by atoms with Gasteiger partial charge in [-0.3, -0.25) is 14.2 Å². The van der Waals surface area contributed by atoms with E-state index in [0.717, 1.165) is 0 Å². The number of carbonyl (C=O) groups excluding carboxylic acids is 2. The van der Waals surface area contributed by atoms with E-state index in [1.165, 1.54) is 30.1 Å². The number of rotatable bonds is 7. The van der Waals surface area contributed by atoms with E-state index in [9.17, 15) is 14.4 Å². The molecule has 4 atom stereocenters. The van der Waals surface area contributed by atoms with Gasteiger partial charge in [-0.1, -0.05) is 12.8 Å². The van der Waals surface area contributed by atoms with Gasteiger partial charge in [0, 0.05) is 20.3 Å². The third-order valence-electron chi connectivity index (χ3n) is 5.03. The lowest BCUT2D eigenvalue weighted by molar-refractivity contribution is -0.158. The average molecular weight is 447 g/mol. The van der Waals surface area contributed by atoms with Crippen molar-refractivity contribution in [1.29, 1.82) is 0 Å². The van der Waals surface area contributed by atoms with Crippen LogP contribution < -0.4 is 16.2 Å². The van der Waals surface area contributed by atoms with Crippen LogP contribution in [-0.2, 0) is 30.3 Å². The number of carbonyl (C=O) groups is 2. The highest BCUT2D eigenvalue weighted by molar-refractivity contribution is 5.79. The fraction of sp³-hybridized carbons (Fsp3) is 0.550. The molecule has 32 heavy (non-hydrogen) atoms. The first-order chi connectivity index (χ1) is 15.2. The minimum absolute atomic E-state index is 0.0588. The third kappa shape index (κ3) is 4.24. The Kier molecular flexibility index (Phi) is 6.69. The van der Waals surface area contributed by atoms with Crippen LogP contribution in [0.5, 0.6) is 5.88 Å². The molecule has 0 bridgehead atoms. The number of terminal acetylenes is 1. The van der Waals surface area contributed by atoms with E-state index >= 15 is 0 Å². The molecule has 0 spiro atoms. The van der Waals surface area contributed by atoms with Gasteiger partial charge in [0.2, 0.25) is 11.8 Å². The molecule has 1 fully saturated rings. The maximum Gasteiger partial charge on any atom is 0.333 e. The van der Waals surface area contributed by atoms with Gasteiger partial charge in [-0.15, -0.1) is 6.42 Å². The molecule has 0 aliphatic carbocycles. The smallest absolute Gasteiger partial charge is 0.333 e. The summed E-state index contributed by atoms with van der Waals surface area (Å²) in [4.78, 5) is 44.8. The van der Waals surface area contributed by atoms with Crippen molar-refractivity contribution in [2.75, 3.05) is 12.8 Å². The molecule has 0 saturated carbocycles. The SMILES string of the molecule is C#CCn1c(=O)n([C@@H]2O[C@H](C(CC)OC(C)=O)C[C@H]2OC(C)=O)c2nc(N)nc(OC)c21. The van der Waals surface area contributed by atoms with E-state index in [-0.39, 0.29) is 36.0 Å². The fourth-order valence-corrected chi connectivity index (χ4v) is 3.86. The Morgan fingerprint density at radius 1 is 1.34 bits per heavy atom. The highest BCUT2D eigenvalue weighted by Gasteiger charge is 2.45. The van der Waals surface area contributed by atoms with Crippen LogP contribution in [0.15, 0.2) is 4.79 Å². The summed E-state index contributed by atoms with van der Waals surface area (Å²) in [5.41, 5.74) is 5.58. The summed E-state index contributed by atoms with van der Waals surface area (Å²) in [6, 6.07) is 0. The molecule has 1 unspecified atom stereocenters. The summed E-state index contributed by atoms with van der Waals surface area (Å²) in [6.07, 6.45) is 2.96. The first-order valence-electron chi connectivity index (χ1n) is 9.97. The molecule has 2 aromatic heterocycles. The number of aromatic nitrogens is 4. The minimum atomic E-state index is -1.07. The largest absolute Gasteiger partial charge is 0.479 e. The predicted octanol–water partition coefficient (Wildman–Crippen LogP) is 0.378. The molecule has 0 radical (unpaired) electrons. The number of nitrogens with zero attached hydrogens (tertiary/aromatic N) is 4. The van der Waals surface area contributed by atoms with Crippen LogP contribution in [0.3, 0.4) is 0 Å². The number of hydrogen-bond donors (Lipinski definition) is 1. The summed E-state index contributed by atoms with van der Waals surface area (Å²) < 4.78 is 24.6. The Morgan fingerprint density at radius 2 is 2.06 bits per heavy atom. The van der Waals surface area contributed by atoms with E-state index in [2.05, 4.69) is 15.9 Å². The van der Waals surface area contributed by atoms with Crippen molar-refractivity contribution in [3.8, 4) is 18.2 Å². The predicted molar refractivity (Wildman–Crippen MR) is 112 cm³/mol. The van der Waals surface area contributed by atoms with E-state index in [4.69, 9.17) is 31.1 Å². The van der Waals surface area contributed by atoms with Gasteiger partial charge in [-0.2, -0.15) is 9.97 Å². The number of fused-ring (bicyclic) bond motifs is 1. The minimum Gasteiger partial charge on any atom is -0.479 e. The fourth-order valence-electron chi connectivity index (χ4n) is 3.86. The molecule has 1 aliphatic heterocycles. The molecule has 0 amide bonds. The molecule has 2 aromatic rings. The number of anilines is 1. The van der Waals surface area contributed by atoms with E-state index in [1.807, 2.05) is 6.92 Å². The van der Waals surface area contributed by atoms with Crippen LogP contribution in [0.4, 0.5) is 5.95 Å². The van der Waals surface area contributed by atoms with Crippen molar-refractivity contribution in [2.24, 2.45) is 0 Å². The normalized spacial score (nSPS) is 21.2. The van der Waals surface area contributed by atoms with Crippen LogP contribution >= 0.6 is 0 Å². The first-order valence-corrected chi connectivity index (χ1v) is 9.97. The molecule has 12 nitrogen and oxygen atoms in total. The van der Waals surface area contributed by atoms with Crippen LogP contribution in [0.25, 0.3) is 11.2 Å². The van der Waals surface area contributed by atoms with Crippen LogP contribution in [0.2, 0.25) is 0 Å². The number of esters is 2. The zero-order valence-corrected chi connectivity index (χ0v) is 18.2. The lowest BCUT2D eigenvalue weighted by Crippen LogP contribution is -2.34. The number of nitrogen functional groups attached to an aromatic ring is 1. The van der Waals surface area contributed by atoms with E-state index in [0.29, 0.717) is 6.42 Å². The van der Waals surface area contributed by atoms with E-state index in [1.54, 1.807) is 0 Å². The second-order valence-electron chi connectivity index (χ2n) is 7.21. The van der Waals surface area contributed by atoms with Gasteiger partial charge in [0.05, 0.1) is 13.7 Å². The second-order valence-corrected chi connectivity index (χ2v) is 7.21. The number of methoxy groups -OCH3 is 1. The van der Waals surface area contributed by atoms with Crippen molar-refractivity contribution >= 4 is 29.1 Å². The maximum atomic E-state index is 13.4. The lowest BCUT2D eigenvalue weighted by Gasteiger charge is -2.22. The highest BCUT2D eigenvalue weighted by atomic mass is 16.6. The second kappa shape index (κ2) is 9.27. The molecule has 3 heterocycles. The molecule has 3 rings (SSSR count). The van der Waals surface area contributed by atoms with Crippen molar-refractivity contribution < 1.29 is 28.5 Å². The van der Waals surface area contributed by atoms with Gasteiger partial charge in [0.25, 0.3) is 0 Å². The van der Waals surface area contributed by atoms with Crippen molar-refractivity contribution in [3.63, 3.8) is 0 Å². The highest BCUT2D eigenvalue weighted by Crippen LogP contribution is 2.36. The van der Waals surface area contributed by atoms with Crippen molar-refractivity contribution in [3.05, 3.63) is 10.5 Å². The Balaban J connectivity index is 2.18. The summed E-state index contributed by atoms with van der Waals surface area (Å²) in [6.45, 7) is 4.28. The maximum absolute atomic E-state index is 13.4. The molecular weight excluding hydrogens is 422 g/mol. The van der Waals surface area contributed by atoms with Crippen molar-refractivity contribution in [1.82, 2.24) is 19.1 Å². The summed E-state index contributed by atoms with van der Waals surface area (Å²) in [5.74, 6) is 1.31. The first kappa shape index (κ1) is 23.1. The van der Waals surface area contributed by atoms with E-state index < -0.39 is 42.2 Å². The number of ether oxygens (including phenoxy) is 4. The standard InChI is InChI=1S/C20H25N5O7/c1-6-8-24-15-16(22-19(21)23-17(15)29-5)25(20(24)28)18-14(31-11(4)27)9-13(32-18)12(7-2)30-10(3)26/h1,12-14,18H,7-9H2,2-5H3,(H2,21,22,23)/t12?,13-,14+,18+/m0/s1. The monoisotopic (exact) mass is 447 g/mol. The number of imidazole rings is 1. The Bertz CT molecular complexity index is 1130. The molecule has 0 aromatic carbocycles. The number of nitrogens with two attached hydrogens (primary N) is 1. The molecule has 1 aliphatic rings. The Labute approximate surface area is 183 Å². The summed E-state index contributed by atoms with van der Waals surface area (Å²) in [5, 5.41) is 0. The van der Waals surface area contributed by atoms with Gasteiger partial charge >= 0.3 is 17.6 Å². The molecule has 1 saturated heterocycles. The van der Waals surface area contributed by atoms with Crippen LogP contribution in [0.1, 0.15) is 39.8 Å². The van der Waals surface area contributed by atoms with Gasteiger partial charge in [-0.25, -0.2) is 9.36 Å². The lowest BCUT2D eigenvalue weighted by atomic mass is 10.1. The van der Waals surface area contributed by atoms with Gasteiger partial charge < -0.3 is 24.7 Å². The van der Waals surface area contributed by atoms with Gasteiger partial charge in [0.15, 0.2) is 17.4 Å². The zero-order valence-electron chi connectivity index (χ0n) is 18.2. The molecular formula is C20H25N5O7. The van der Waals surface area contributed by atoms with Crippen molar-refractivity contribution in [2.45, 2.75) is 64.7 Å². The van der Waals surface area contributed by atoms with Gasteiger partial charge in [0.1, 0.15) is 18.3 Å². The van der Waals surface area contributed by atoms with Crippen LogP contribution in [-0.4, -0.2) is 56.5 Å². The molecule has 12 heteroatoms. The Hall–Kier alpha value is -3.59. The molecule has 2 N–H and O–H groups in total. The zero-order chi connectivity index (χ0) is 23.6. The van der Waals surface area contributed by atoms with Gasteiger partial charge in [-0.05, 0) is 6.42 Å². The number of hydrogen-bond acceptors (Lipinski definition) is 10. The Morgan fingerprint density at radius 3 is 2.62 bits per heavy atom. The summed E-state index contributed by atoms with van der Waals surface area (Å²) in [7, 11) is 1.37. The topological polar surface area (TPSA) is 150 Å². The average Bonchev–Trinajstić information content (AvgIpc) is 3.23. The quantitative estimate of drug-likeness (QED) is 0.466. The molecule has 172 valence electrons. The summed E-state index contributed by atoms with van der Waals surface area (Å²) >= 11 is 0.